The van der Waals surface area contributed by atoms with Crippen molar-refractivity contribution in [2.45, 2.75) is 89.6 Å². The minimum Gasteiger partial charge on any atom is -0.394 e. The first-order valence-corrected chi connectivity index (χ1v) is 8.41. The molecule has 0 aromatic carbocycles. The highest BCUT2D eigenvalue weighted by molar-refractivity contribution is 4.98. The quantitative estimate of drug-likeness (QED) is 0.230. The van der Waals surface area contributed by atoms with Gasteiger partial charge in [0.05, 0.1) is 19.3 Å². The number of hydrogen-bond donors (Lipinski definition) is 7. The van der Waals surface area contributed by atoms with E-state index in [1.54, 1.807) is 13.8 Å². The van der Waals surface area contributed by atoms with Gasteiger partial charge < -0.3 is 54.7 Å². The van der Waals surface area contributed by atoms with Gasteiger partial charge in [-0.2, -0.15) is 0 Å². The lowest BCUT2D eigenvalue weighted by atomic mass is 9.99. The topological polar surface area (TPSA) is 179 Å². The smallest absolute Gasteiger partial charge is 0.224 e. The van der Waals surface area contributed by atoms with Gasteiger partial charge >= 0.3 is 0 Å². The van der Waals surface area contributed by atoms with E-state index in [1.165, 1.54) is 0 Å². The molecule has 0 saturated carbocycles. The summed E-state index contributed by atoms with van der Waals surface area (Å²) < 4.78 is 21.4. The summed E-state index contributed by atoms with van der Waals surface area (Å²) in [5.41, 5.74) is 0. The van der Waals surface area contributed by atoms with E-state index < -0.39 is 68.0 Å². The Morgan fingerprint density at radius 1 is 0.893 bits per heavy atom. The zero-order chi connectivity index (χ0) is 19.6. The molecule has 28 heavy (non-hydrogen) atoms. The molecule has 2 fully saturated rings. The van der Waals surface area contributed by atoms with Crippen LogP contribution in [0.5, 0.6) is 0 Å². The van der Waals surface area contributed by atoms with Crippen molar-refractivity contribution in [1.82, 2.24) is 0 Å². The fraction of sp³-hybridized carbons (Fsp3) is 1.00. The summed E-state index contributed by atoms with van der Waals surface area (Å²) in [6.45, 7) is 1.87. The summed E-state index contributed by atoms with van der Waals surface area (Å²) in [7, 11) is 0. The first-order valence-electron chi connectivity index (χ1n) is 8.41. The van der Waals surface area contributed by atoms with Gasteiger partial charge in [0.15, 0.2) is 6.29 Å². The van der Waals surface area contributed by atoms with Crippen molar-refractivity contribution in [3.63, 3.8) is 0 Å². The molecule has 0 aromatic heterocycles. The zero-order valence-electron chi connectivity index (χ0n) is 14.6. The molecular weight excluding hydrogens is 380 g/mol. The molecule has 7 N–H and O–H groups in total. The molecule has 11 heteroatoms. The summed E-state index contributed by atoms with van der Waals surface area (Å²) >= 11 is 0. The Morgan fingerprint density at radius 2 is 1.50 bits per heavy atom. The molecule has 5 unspecified atom stereocenters. The summed E-state index contributed by atoms with van der Waals surface area (Å²) in [5.74, 6) is -2.15. The minimum atomic E-state index is -2.15. The molecule has 0 aliphatic carbocycles. The molecule has 0 spiro atoms. The number of ether oxygens (including phenoxy) is 4. The number of hydrogen-bond acceptors (Lipinski definition) is 11. The fourth-order valence-electron chi connectivity index (χ4n) is 2.91. The van der Waals surface area contributed by atoms with Crippen molar-refractivity contribution in [2.24, 2.45) is 0 Å². The molecule has 2 heterocycles. The van der Waals surface area contributed by atoms with Gasteiger partial charge in [0.2, 0.25) is 5.79 Å². The average Bonchev–Trinajstić information content (AvgIpc) is 2.85. The van der Waals surface area contributed by atoms with Crippen LogP contribution in [-0.4, -0.2) is 116 Å². The van der Waals surface area contributed by atoms with E-state index in [1.807, 2.05) is 0 Å². The van der Waals surface area contributed by atoms with Gasteiger partial charge in [-0.3, -0.25) is 0 Å². The number of rotatable bonds is 7. The molecule has 0 radical (unpaired) electrons. The van der Waals surface area contributed by atoms with E-state index in [9.17, 15) is 35.7 Å². The van der Waals surface area contributed by atoms with Crippen LogP contribution >= 0.6 is 0 Å². The lowest BCUT2D eigenvalue weighted by Crippen LogP contribution is -2.62. The second-order valence-corrected chi connectivity index (χ2v) is 6.76. The highest BCUT2D eigenvalue weighted by Crippen LogP contribution is 2.36. The highest BCUT2D eigenvalue weighted by atomic mass is 16.8. The fourth-order valence-corrected chi connectivity index (χ4v) is 2.91. The van der Waals surface area contributed by atoms with Gasteiger partial charge in [-0.15, -0.1) is 0 Å². The molecule has 11 nitrogen and oxygen atoms in total. The summed E-state index contributed by atoms with van der Waals surface area (Å²) in [6, 6.07) is 0. The minimum absolute atomic E-state index is 0. The van der Waals surface area contributed by atoms with Crippen molar-refractivity contribution >= 4 is 0 Å². The average molecular weight is 416 g/mol. The Labute approximate surface area is 165 Å². The Morgan fingerprint density at radius 3 is 2.00 bits per heavy atom. The predicted octanol–water partition coefficient (Wildman–Crippen LogP) is -2.69. The molecule has 0 bridgehead atoms. The first kappa shape index (κ1) is 27.6. The Balaban J connectivity index is 0.00000364. The SMILES string of the molecule is C.C.CC(C)OC[C@H]1O[C@@](CO)(OC2OC(CO)[C@@H](O)C(O)[C@@H]2O)C(O)C1O. The first-order chi connectivity index (χ1) is 12.2. The van der Waals surface area contributed by atoms with Gasteiger partial charge in [0.1, 0.15) is 49.3 Å². The third-order valence-corrected chi connectivity index (χ3v) is 4.48. The normalized spacial score (nSPS) is 43.5. The van der Waals surface area contributed by atoms with E-state index in [-0.39, 0.29) is 27.6 Å². The van der Waals surface area contributed by atoms with Crippen molar-refractivity contribution < 1.29 is 54.7 Å². The van der Waals surface area contributed by atoms with Crippen LogP contribution in [0.2, 0.25) is 0 Å². The Bertz CT molecular complexity index is 449. The summed E-state index contributed by atoms with van der Waals surface area (Å²) in [5, 5.41) is 69.0. The van der Waals surface area contributed by atoms with E-state index in [4.69, 9.17) is 18.9 Å². The third-order valence-electron chi connectivity index (χ3n) is 4.48. The maximum Gasteiger partial charge on any atom is 0.224 e. The second kappa shape index (κ2) is 11.1. The van der Waals surface area contributed by atoms with Crippen LogP contribution in [0, 0.1) is 0 Å². The van der Waals surface area contributed by atoms with Gasteiger partial charge in [0.25, 0.3) is 0 Å². The summed E-state index contributed by atoms with van der Waals surface area (Å²) in [4.78, 5) is 0. The molecule has 2 aliphatic rings. The molecule has 2 saturated heterocycles. The molecule has 9 atom stereocenters. The maximum absolute atomic E-state index is 10.3. The van der Waals surface area contributed by atoms with Crippen LogP contribution in [0.1, 0.15) is 28.7 Å². The van der Waals surface area contributed by atoms with Gasteiger partial charge in [-0.25, -0.2) is 0 Å². The molecule has 2 rings (SSSR count). The number of aliphatic hydroxyl groups excluding tert-OH is 7. The van der Waals surface area contributed by atoms with Crippen molar-refractivity contribution in [2.75, 3.05) is 19.8 Å². The largest absolute Gasteiger partial charge is 0.394 e. The van der Waals surface area contributed by atoms with Gasteiger partial charge in [-0.1, -0.05) is 14.9 Å². The van der Waals surface area contributed by atoms with Crippen molar-refractivity contribution in [3.8, 4) is 0 Å². The monoisotopic (exact) mass is 416 g/mol. The van der Waals surface area contributed by atoms with Crippen LogP contribution in [0.3, 0.4) is 0 Å². The Hall–Kier alpha value is -0.440. The van der Waals surface area contributed by atoms with Crippen molar-refractivity contribution in [1.29, 1.82) is 0 Å². The van der Waals surface area contributed by atoms with Crippen LogP contribution in [0.4, 0.5) is 0 Å². The van der Waals surface area contributed by atoms with E-state index in [0.717, 1.165) is 0 Å². The second-order valence-electron chi connectivity index (χ2n) is 6.76. The molecule has 2 aliphatic heterocycles. The Kier molecular flexibility index (Phi) is 10.9. The molecule has 170 valence electrons. The molecule has 0 amide bonds. The van der Waals surface area contributed by atoms with E-state index in [2.05, 4.69) is 0 Å². The molecule has 0 aromatic rings. The van der Waals surface area contributed by atoms with Crippen LogP contribution < -0.4 is 0 Å². The summed E-state index contributed by atoms with van der Waals surface area (Å²) in [6.07, 6.45) is -12.3. The highest BCUT2D eigenvalue weighted by Gasteiger charge is 2.58. The standard InChI is InChI=1S/C15H28O11.2CH4/c1-6(2)23-4-8-10(19)13(22)15(5-17,25-8)26-14-12(21)11(20)9(18)7(3-16)24-14;;/h6-14,16-22H,3-5H2,1-2H3;2*1H4/t7?,8-,9-,10?,11?,12+,13?,14?,15+;;/m1../s1. The van der Waals surface area contributed by atoms with Gasteiger partial charge in [0, 0.05) is 0 Å². The number of aliphatic hydroxyl groups is 7. The van der Waals surface area contributed by atoms with Crippen LogP contribution in [-0.2, 0) is 18.9 Å². The zero-order valence-corrected chi connectivity index (χ0v) is 14.6. The predicted molar refractivity (Wildman–Crippen MR) is 96.1 cm³/mol. The molecular formula is C17H36O11. The van der Waals surface area contributed by atoms with Crippen molar-refractivity contribution in [3.05, 3.63) is 0 Å². The van der Waals surface area contributed by atoms with Gasteiger partial charge in [-0.05, 0) is 13.8 Å². The third kappa shape index (κ3) is 5.37. The van der Waals surface area contributed by atoms with E-state index in [0.29, 0.717) is 0 Å². The maximum atomic E-state index is 10.3. The lowest BCUT2D eigenvalue weighted by Gasteiger charge is -2.43. The van der Waals surface area contributed by atoms with Crippen LogP contribution in [0.25, 0.3) is 0 Å². The van der Waals surface area contributed by atoms with Crippen LogP contribution in [0.15, 0.2) is 0 Å². The van der Waals surface area contributed by atoms with E-state index >= 15 is 0 Å². The lowest BCUT2D eigenvalue weighted by molar-refractivity contribution is -0.383.